The molecule has 25 heavy (non-hydrogen) atoms. The molecule has 0 aliphatic carbocycles. The molecule has 0 aliphatic heterocycles. The van der Waals surface area contributed by atoms with E-state index in [1.807, 2.05) is 31.2 Å². The number of ether oxygens (including phenoxy) is 3. The number of rotatable bonds is 10. The average Bonchev–Trinajstić information content (AvgIpc) is 2.65. The molecule has 5 heteroatoms. The van der Waals surface area contributed by atoms with E-state index < -0.39 is 0 Å². The Balaban J connectivity index is 1.85. The van der Waals surface area contributed by atoms with Crippen molar-refractivity contribution in [1.82, 2.24) is 0 Å². The van der Waals surface area contributed by atoms with Crippen molar-refractivity contribution in [2.75, 3.05) is 31.7 Å². The minimum Gasteiger partial charge on any atom is -0.494 e. The average molecular weight is 343 g/mol. The summed E-state index contributed by atoms with van der Waals surface area (Å²) in [7, 11) is 0. The molecule has 0 aromatic heterocycles. The van der Waals surface area contributed by atoms with Crippen LogP contribution in [0.1, 0.15) is 30.6 Å². The highest BCUT2D eigenvalue weighted by Gasteiger charge is 2.06. The minimum atomic E-state index is -0.164. The Morgan fingerprint density at radius 1 is 0.840 bits per heavy atom. The van der Waals surface area contributed by atoms with E-state index in [2.05, 4.69) is 12.2 Å². The third kappa shape index (κ3) is 6.47. The van der Waals surface area contributed by atoms with Crippen LogP contribution in [0.2, 0.25) is 0 Å². The maximum absolute atomic E-state index is 12.3. The van der Waals surface area contributed by atoms with Gasteiger partial charge in [0.1, 0.15) is 18.1 Å². The smallest absolute Gasteiger partial charge is 0.255 e. The van der Waals surface area contributed by atoms with Gasteiger partial charge in [-0.15, -0.1) is 0 Å². The topological polar surface area (TPSA) is 56.8 Å². The molecule has 0 unspecified atom stereocenters. The van der Waals surface area contributed by atoms with E-state index in [0.717, 1.165) is 17.9 Å². The summed E-state index contributed by atoms with van der Waals surface area (Å²) in [6.45, 7) is 6.41. The quantitative estimate of drug-likeness (QED) is 0.659. The lowest BCUT2D eigenvalue weighted by Crippen LogP contribution is -2.12. The largest absolute Gasteiger partial charge is 0.494 e. The zero-order valence-corrected chi connectivity index (χ0v) is 14.8. The van der Waals surface area contributed by atoms with Crippen molar-refractivity contribution >= 4 is 11.6 Å². The van der Waals surface area contributed by atoms with Crippen LogP contribution < -0.4 is 14.8 Å². The molecular weight excluding hydrogens is 318 g/mol. The van der Waals surface area contributed by atoms with Crippen molar-refractivity contribution in [2.24, 2.45) is 0 Å². The Morgan fingerprint density at radius 2 is 1.44 bits per heavy atom. The molecule has 2 aromatic carbocycles. The Morgan fingerprint density at radius 3 is 2.04 bits per heavy atom. The number of hydrogen-bond donors (Lipinski definition) is 1. The van der Waals surface area contributed by atoms with Crippen molar-refractivity contribution in [3.8, 4) is 11.5 Å². The second kappa shape index (κ2) is 10.4. The van der Waals surface area contributed by atoms with Crippen molar-refractivity contribution in [3.05, 3.63) is 54.1 Å². The van der Waals surface area contributed by atoms with E-state index in [-0.39, 0.29) is 5.91 Å². The van der Waals surface area contributed by atoms with Gasteiger partial charge in [0.25, 0.3) is 5.91 Å². The van der Waals surface area contributed by atoms with Gasteiger partial charge in [0.05, 0.1) is 13.2 Å². The van der Waals surface area contributed by atoms with E-state index in [4.69, 9.17) is 14.2 Å². The zero-order chi connectivity index (χ0) is 17.9. The molecule has 0 spiro atoms. The first-order valence-corrected chi connectivity index (χ1v) is 8.57. The SMILES string of the molecule is CCCOc1ccc(NC(=O)c2ccc(OCCOCC)cc2)cc1. The van der Waals surface area contributed by atoms with Crippen LogP contribution in [0.5, 0.6) is 11.5 Å². The molecule has 0 heterocycles. The normalized spacial score (nSPS) is 10.3. The first-order valence-electron chi connectivity index (χ1n) is 8.57. The zero-order valence-electron chi connectivity index (χ0n) is 14.8. The van der Waals surface area contributed by atoms with Gasteiger partial charge < -0.3 is 19.5 Å². The predicted molar refractivity (Wildman–Crippen MR) is 98.6 cm³/mol. The number of amides is 1. The molecule has 0 radical (unpaired) electrons. The van der Waals surface area contributed by atoms with Gasteiger partial charge >= 0.3 is 0 Å². The molecule has 1 amide bonds. The number of carbonyl (C=O) groups is 1. The Labute approximate surface area is 148 Å². The molecule has 0 saturated carbocycles. The van der Waals surface area contributed by atoms with Gasteiger partial charge in [0, 0.05) is 17.9 Å². The lowest BCUT2D eigenvalue weighted by Gasteiger charge is -2.09. The minimum absolute atomic E-state index is 0.164. The molecule has 0 aliphatic rings. The van der Waals surface area contributed by atoms with Crippen LogP contribution in [0.3, 0.4) is 0 Å². The highest BCUT2D eigenvalue weighted by molar-refractivity contribution is 6.04. The number of benzene rings is 2. The summed E-state index contributed by atoms with van der Waals surface area (Å²) in [6.07, 6.45) is 0.962. The fraction of sp³-hybridized carbons (Fsp3) is 0.350. The summed E-state index contributed by atoms with van der Waals surface area (Å²) in [5.74, 6) is 1.35. The van der Waals surface area contributed by atoms with Gasteiger partial charge in [-0.3, -0.25) is 4.79 Å². The second-order valence-corrected chi connectivity index (χ2v) is 5.40. The molecule has 5 nitrogen and oxygen atoms in total. The van der Waals surface area contributed by atoms with Crippen molar-refractivity contribution in [2.45, 2.75) is 20.3 Å². The van der Waals surface area contributed by atoms with E-state index >= 15 is 0 Å². The molecule has 1 N–H and O–H groups in total. The lowest BCUT2D eigenvalue weighted by molar-refractivity contribution is 0.102. The summed E-state index contributed by atoms with van der Waals surface area (Å²) >= 11 is 0. The van der Waals surface area contributed by atoms with Crippen LogP contribution in [0, 0.1) is 0 Å². The van der Waals surface area contributed by atoms with Gasteiger partial charge in [-0.05, 0) is 61.9 Å². The molecule has 2 rings (SSSR count). The van der Waals surface area contributed by atoms with Gasteiger partial charge in [-0.2, -0.15) is 0 Å². The summed E-state index contributed by atoms with van der Waals surface area (Å²) in [5.41, 5.74) is 1.30. The van der Waals surface area contributed by atoms with Crippen LogP contribution >= 0.6 is 0 Å². The number of hydrogen-bond acceptors (Lipinski definition) is 4. The molecular formula is C20H25NO4. The third-order valence-electron chi connectivity index (χ3n) is 3.40. The summed E-state index contributed by atoms with van der Waals surface area (Å²) < 4.78 is 16.3. The van der Waals surface area contributed by atoms with E-state index in [1.165, 1.54) is 0 Å². The lowest BCUT2D eigenvalue weighted by atomic mass is 10.2. The highest BCUT2D eigenvalue weighted by atomic mass is 16.5. The maximum atomic E-state index is 12.3. The highest BCUT2D eigenvalue weighted by Crippen LogP contribution is 2.18. The molecule has 2 aromatic rings. The van der Waals surface area contributed by atoms with Crippen molar-refractivity contribution < 1.29 is 19.0 Å². The maximum Gasteiger partial charge on any atom is 0.255 e. The number of carbonyl (C=O) groups excluding carboxylic acids is 1. The second-order valence-electron chi connectivity index (χ2n) is 5.40. The molecule has 0 saturated heterocycles. The summed E-state index contributed by atoms with van der Waals surface area (Å²) in [6, 6.07) is 14.4. The fourth-order valence-electron chi connectivity index (χ4n) is 2.12. The first kappa shape index (κ1) is 18.8. The predicted octanol–water partition coefficient (Wildman–Crippen LogP) is 4.14. The van der Waals surface area contributed by atoms with Crippen molar-refractivity contribution in [3.63, 3.8) is 0 Å². The monoisotopic (exact) mass is 343 g/mol. The number of nitrogens with one attached hydrogen (secondary N) is 1. The van der Waals surface area contributed by atoms with Crippen LogP contribution in [0.4, 0.5) is 5.69 Å². The van der Waals surface area contributed by atoms with Crippen LogP contribution in [0.15, 0.2) is 48.5 Å². The van der Waals surface area contributed by atoms with Gasteiger partial charge in [-0.25, -0.2) is 0 Å². The summed E-state index contributed by atoms with van der Waals surface area (Å²) in [4.78, 5) is 12.3. The van der Waals surface area contributed by atoms with Gasteiger partial charge in [-0.1, -0.05) is 6.92 Å². The van der Waals surface area contributed by atoms with Gasteiger partial charge in [0.15, 0.2) is 0 Å². The molecule has 134 valence electrons. The molecule has 0 atom stereocenters. The Hall–Kier alpha value is -2.53. The summed E-state index contributed by atoms with van der Waals surface area (Å²) in [5, 5.41) is 2.87. The van der Waals surface area contributed by atoms with Crippen LogP contribution in [-0.4, -0.2) is 32.3 Å². The van der Waals surface area contributed by atoms with Gasteiger partial charge in [0.2, 0.25) is 0 Å². The van der Waals surface area contributed by atoms with Crippen LogP contribution in [0.25, 0.3) is 0 Å². The van der Waals surface area contributed by atoms with E-state index in [1.54, 1.807) is 24.3 Å². The number of anilines is 1. The van der Waals surface area contributed by atoms with Crippen molar-refractivity contribution in [1.29, 1.82) is 0 Å². The third-order valence-corrected chi connectivity index (χ3v) is 3.40. The molecule has 0 bridgehead atoms. The Bertz CT molecular complexity index is 638. The first-order chi connectivity index (χ1) is 12.2. The Kier molecular flexibility index (Phi) is 7.79. The van der Waals surface area contributed by atoms with E-state index in [9.17, 15) is 4.79 Å². The van der Waals surface area contributed by atoms with Crippen LogP contribution in [-0.2, 0) is 4.74 Å². The molecule has 0 fully saturated rings. The standard InChI is InChI=1S/C20H25NO4/c1-3-13-24-19-11-7-17(8-12-19)21-20(22)16-5-9-18(10-6-16)25-15-14-23-4-2/h5-12H,3-4,13-15H2,1-2H3,(H,21,22). The van der Waals surface area contributed by atoms with E-state index in [0.29, 0.717) is 37.7 Å². The fourth-order valence-corrected chi connectivity index (χ4v) is 2.12.